The highest BCUT2D eigenvalue weighted by Crippen LogP contribution is 2.32. The van der Waals surface area contributed by atoms with Crippen molar-refractivity contribution >= 4 is 29.7 Å². The van der Waals surface area contributed by atoms with Crippen LogP contribution in [0.25, 0.3) is 11.1 Å². The van der Waals surface area contributed by atoms with Crippen LogP contribution in [0.3, 0.4) is 0 Å². The number of nitrogens with zero attached hydrogens (tertiary/aromatic N) is 1. The summed E-state index contributed by atoms with van der Waals surface area (Å²) in [5.74, 6) is -0.155. The Labute approximate surface area is 145 Å². The number of benzene rings is 1. The summed E-state index contributed by atoms with van der Waals surface area (Å²) in [6, 6.07) is 8.55. The van der Waals surface area contributed by atoms with Gasteiger partial charge in [0.1, 0.15) is 5.82 Å². The van der Waals surface area contributed by atoms with Crippen LogP contribution >= 0.6 is 23.7 Å². The Bertz CT molecular complexity index is 686. The SMILES string of the molecule is Cc1sc(C(=O)N2CCNC[C@@H]2C)cc1-c1ccc(F)cc1.Cl. The molecule has 0 bridgehead atoms. The number of piperazine rings is 1. The van der Waals surface area contributed by atoms with E-state index in [1.165, 1.54) is 23.5 Å². The first kappa shape index (κ1) is 17.9. The lowest BCUT2D eigenvalue weighted by molar-refractivity contribution is 0.0661. The number of hydrogen-bond acceptors (Lipinski definition) is 3. The fourth-order valence-corrected chi connectivity index (χ4v) is 3.79. The van der Waals surface area contributed by atoms with Gasteiger partial charge in [0.15, 0.2) is 0 Å². The van der Waals surface area contributed by atoms with E-state index in [2.05, 4.69) is 12.2 Å². The van der Waals surface area contributed by atoms with Gasteiger partial charge < -0.3 is 10.2 Å². The van der Waals surface area contributed by atoms with Gasteiger partial charge in [0.2, 0.25) is 0 Å². The Morgan fingerprint density at radius 1 is 1.35 bits per heavy atom. The zero-order valence-electron chi connectivity index (χ0n) is 13.1. The van der Waals surface area contributed by atoms with Crippen molar-refractivity contribution in [2.45, 2.75) is 19.9 Å². The van der Waals surface area contributed by atoms with E-state index < -0.39 is 0 Å². The van der Waals surface area contributed by atoms with Crippen LogP contribution in [0.15, 0.2) is 30.3 Å². The number of carbonyl (C=O) groups excluding carboxylic acids is 1. The quantitative estimate of drug-likeness (QED) is 0.891. The molecule has 0 spiro atoms. The number of nitrogens with one attached hydrogen (secondary N) is 1. The molecule has 1 N–H and O–H groups in total. The number of amides is 1. The van der Waals surface area contributed by atoms with Crippen molar-refractivity contribution in [1.82, 2.24) is 10.2 Å². The summed E-state index contributed by atoms with van der Waals surface area (Å²) in [5.41, 5.74) is 1.96. The average Bonchev–Trinajstić information content (AvgIpc) is 2.90. The van der Waals surface area contributed by atoms with Crippen LogP contribution in [0.1, 0.15) is 21.5 Å². The smallest absolute Gasteiger partial charge is 0.264 e. The van der Waals surface area contributed by atoms with Crippen LogP contribution < -0.4 is 5.32 Å². The molecule has 3 nitrogen and oxygen atoms in total. The third kappa shape index (κ3) is 3.74. The summed E-state index contributed by atoms with van der Waals surface area (Å²) >= 11 is 1.51. The predicted octanol–water partition coefficient (Wildman–Crippen LogP) is 3.72. The molecule has 1 aliphatic rings. The lowest BCUT2D eigenvalue weighted by Crippen LogP contribution is -2.52. The molecule has 0 saturated carbocycles. The third-order valence-corrected chi connectivity index (χ3v) is 5.08. The highest BCUT2D eigenvalue weighted by atomic mass is 35.5. The van der Waals surface area contributed by atoms with Crippen molar-refractivity contribution in [2.75, 3.05) is 19.6 Å². The number of aryl methyl sites for hydroxylation is 1. The van der Waals surface area contributed by atoms with Crippen LogP contribution in [0.2, 0.25) is 0 Å². The Balaban J connectivity index is 0.00000192. The zero-order valence-corrected chi connectivity index (χ0v) is 14.8. The summed E-state index contributed by atoms with van der Waals surface area (Å²) in [5, 5.41) is 3.29. The number of hydrogen-bond donors (Lipinski definition) is 1. The molecule has 0 unspecified atom stereocenters. The highest BCUT2D eigenvalue weighted by molar-refractivity contribution is 7.14. The number of carbonyl (C=O) groups is 1. The molecule has 1 atom stereocenters. The van der Waals surface area contributed by atoms with Crippen LogP contribution in [0.4, 0.5) is 4.39 Å². The standard InChI is InChI=1S/C17H19FN2OS.ClH/c1-11-10-19-7-8-20(11)17(21)16-9-15(12(2)22-16)13-3-5-14(18)6-4-13;/h3-6,9,11,19H,7-8,10H2,1-2H3;1H/t11-;/m0./s1. The molecule has 1 saturated heterocycles. The maximum Gasteiger partial charge on any atom is 0.264 e. The maximum atomic E-state index is 13.1. The molecule has 1 fully saturated rings. The molecule has 2 heterocycles. The first-order valence-electron chi connectivity index (χ1n) is 7.44. The van der Waals surface area contributed by atoms with Crippen molar-refractivity contribution in [3.63, 3.8) is 0 Å². The minimum absolute atomic E-state index is 0. The molecule has 0 radical (unpaired) electrons. The van der Waals surface area contributed by atoms with Crippen LogP contribution in [-0.4, -0.2) is 36.5 Å². The van der Waals surface area contributed by atoms with Gasteiger partial charge in [-0.1, -0.05) is 12.1 Å². The van der Waals surface area contributed by atoms with Crippen LogP contribution in [-0.2, 0) is 0 Å². The lowest BCUT2D eigenvalue weighted by atomic mass is 10.1. The minimum atomic E-state index is -0.248. The van der Waals surface area contributed by atoms with Crippen molar-refractivity contribution < 1.29 is 9.18 Å². The van der Waals surface area contributed by atoms with E-state index in [9.17, 15) is 9.18 Å². The Hall–Kier alpha value is -1.43. The second kappa shape index (κ2) is 7.43. The molecule has 1 aromatic carbocycles. The Morgan fingerprint density at radius 3 is 2.70 bits per heavy atom. The number of halogens is 2. The monoisotopic (exact) mass is 354 g/mol. The fourth-order valence-electron chi connectivity index (χ4n) is 2.79. The highest BCUT2D eigenvalue weighted by Gasteiger charge is 2.25. The van der Waals surface area contributed by atoms with Gasteiger partial charge in [0.05, 0.1) is 4.88 Å². The summed E-state index contributed by atoms with van der Waals surface area (Å²) in [6.07, 6.45) is 0. The van der Waals surface area contributed by atoms with Gasteiger partial charge in [-0.3, -0.25) is 4.79 Å². The van der Waals surface area contributed by atoms with Gasteiger partial charge in [-0.2, -0.15) is 0 Å². The Kier molecular flexibility index (Phi) is 5.79. The molecule has 124 valence electrons. The lowest BCUT2D eigenvalue weighted by Gasteiger charge is -2.33. The fraction of sp³-hybridized carbons (Fsp3) is 0.353. The topological polar surface area (TPSA) is 32.3 Å². The van der Waals surface area contributed by atoms with Gasteiger partial charge in [-0.25, -0.2) is 4.39 Å². The summed E-state index contributed by atoms with van der Waals surface area (Å²) < 4.78 is 13.1. The summed E-state index contributed by atoms with van der Waals surface area (Å²) in [6.45, 7) is 6.47. The summed E-state index contributed by atoms with van der Waals surface area (Å²) in [4.78, 5) is 16.5. The molecular formula is C17H20ClFN2OS. The zero-order chi connectivity index (χ0) is 15.7. The maximum absolute atomic E-state index is 13.1. The molecule has 1 amide bonds. The molecule has 0 aliphatic carbocycles. The predicted molar refractivity (Wildman–Crippen MR) is 95.1 cm³/mol. The minimum Gasteiger partial charge on any atom is -0.333 e. The van der Waals surface area contributed by atoms with Crippen LogP contribution in [0, 0.1) is 12.7 Å². The van der Waals surface area contributed by atoms with Crippen molar-refractivity contribution in [2.24, 2.45) is 0 Å². The van der Waals surface area contributed by atoms with Crippen molar-refractivity contribution in [3.05, 3.63) is 45.9 Å². The van der Waals surface area contributed by atoms with E-state index in [0.29, 0.717) is 0 Å². The van der Waals surface area contributed by atoms with E-state index in [4.69, 9.17) is 0 Å². The molecule has 3 rings (SSSR count). The van der Waals surface area contributed by atoms with E-state index >= 15 is 0 Å². The number of thiophene rings is 1. The first-order chi connectivity index (χ1) is 10.6. The second-order valence-corrected chi connectivity index (χ2v) is 6.90. The molecule has 1 aromatic heterocycles. The van der Waals surface area contributed by atoms with Gasteiger partial charge in [-0.05, 0) is 43.2 Å². The molecule has 23 heavy (non-hydrogen) atoms. The summed E-state index contributed by atoms with van der Waals surface area (Å²) in [7, 11) is 0. The molecule has 2 aromatic rings. The normalized spacial score (nSPS) is 17.7. The van der Waals surface area contributed by atoms with E-state index in [1.807, 2.05) is 17.9 Å². The van der Waals surface area contributed by atoms with Gasteiger partial charge >= 0.3 is 0 Å². The number of rotatable bonds is 2. The average molecular weight is 355 g/mol. The van der Waals surface area contributed by atoms with E-state index in [0.717, 1.165) is 40.5 Å². The van der Waals surface area contributed by atoms with Crippen molar-refractivity contribution in [1.29, 1.82) is 0 Å². The van der Waals surface area contributed by atoms with E-state index in [-0.39, 0.29) is 30.2 Å². The first-order valence-corrected chi connectivity index (χ1v) is 8.26. The Morgan fingerprint density at radius 2 is 2.04 bits per heavy atom. The second-order valence-electron chi connectivity index (χ2n) is 5.64. The van der Waals surface area contributed by atoms with Crippen molar-refractivity contribution in [3.8, 4) is 11.1 Å². The third-order valence-electron chi connectivity index (χ3n) is 4.05. The van der Waals surface area contributed by atoms with Gasteiger partial charge in [-0.15, -0.1) is 23.7 Å². The molecule has 1 aliphatic heterocycles. The molecular weight excluding hydrogens is 335 g/mol. The van der Waals surface area contributed by atoms with Crippen LogP contribution in [0.5, 0.6) is 0 Å². The van der Waals surface area contributed by atoms with Gasteiger partial charge in [0, 0.05) is 30.6 Å². The van der Waals surface area contributed by atoms with Gasteiger partial charge in [0.25, 0.3) is 5.91 Å². The molecule has 6 heteroatoms. The largest absolute Gasteiger partial charge is 0.333 e. The van der Waals surface area contributed by atoms with E-state index in [1.54, 1.807) is 12.1 Å².